The molecule has 0 aromatic heterocycles. The summed E-state index contributed by atoms with van der Waals surface area (Å²) in [5, 5.41) is 8.89. The standard InChI is InChI=1S/C16H23F2NO/c17-14-7-8-16(18)13(11-14)12-19(9-3-4-10-20)15-5-1-2-6-15/h7-8,11,15,20H,1-6,9-10,12H2. The van der Waals surface area contributed by atoms with Crippen molar-refractivity contribution in [3.8, 4) is 0 Å². The third kappa shape index (κ3) is 4.25. The number of aliphatic hydroxyl groups is 1. The molecule has 1 fully saturated rings. The van der Waals surface area contributed by atoms with Gasteiger partial charge in [-0.05, 0) is 50.4 Å². The number of benzene rings is 1. The molecule has 0 atom stereocenters. The van der Waals surface area contributed by atoms with Crippen molar-refractivity contribution in [2.75, 3.05) is 13.2 Å². The Morgan fingerprint density at radius 3 is 2.60 bits per heavy atom. The van der Waals surface area contributed by atoms with E-state index in [9.17, 15) is 8.78 Å². The summed E-state index contributed by atoms with van der Waals surface area (Å²) in [5.74, 6) is -0.723. The van der Waals surface area contributed by atoms with E-state index in [4.69, 9.17) is 5.11 Å². The van der Waals surface area contributed by atoms with Gasteiger partial charge in [0, 0.05) is 24.8 Å². The van der Waals surface area contributed by atoms with Crippen molar-refractivity contribution in [1.82, 2.24) is 4.90 Å². The maximum atomic E-state index is 13.8. The fourth-order valence-corrected chi connectivity index (χ4v) is 2.97. The van der Waals surface area contributed by atoms with Crippen LogP contribution >= 0.6 is 0 Å². The quantitative estimate of drug-likeness (QED) is 0.774. The first-order chi connectivity index (χ1) is 9.70. The minimum atomic E-state index is -0.386. The Kier molecular flexibility index (Phi) is 5.92. The van der Waals surface area contributed by atoms with E-state index in [0.29, 0.717) is 18.2 Å². The fourth-order valence-electron chi connectivity index (χ4n) is 2.97. The lowest BCUT2D eigenvalue weighted by Crippen LogP contribution is -2.34. The summed E-state index contributed by atoms with van der Waals surface area (Å²) in [6.07, 6.45) is 6.35. The van der Waals surface area contributed by atoms with E-state index in [-0.39, 0.29) is 18.2 Å². The monoisotopic (exact) mass is 283 g/mol. The Bertz CT molecular complexity index is 419. The molecule has 20 heavy (non-hydrogen) atoms. The predicted molar refractivity (Wildman–Crippen MR) is 75.3 cm³/mol. The van der Waals surface area contributed by atoms with E-state index in [2.05, 4.69) is 4.90 Å². The Labute approximate surface area is 119 Å². The first-order valence-electron chi connectivity index (χ1n) is 7.49. The maximum absolute atomic E-state index is 13.8. The molecule has 1 N–H and O–H groups in total. The number of hydrogen-bond donors (Lipinski definition) is 1. The van der Waals surface area contributed by atoms with Crippen LogP contribution in [0.5, 0.6) is 0 Å². The first-order valence-corrected chi connectivity index (χ1v) is 7.49. The molecular formula is C16H23F2NO. The molecule has 112 valence electrons. The highest BCUT2D eigenvalue weighted by Gasteiger charge is 2.23. The van der Waals surface area contributed by atoms with Gasteiger partial charge in [0.25, 0.3) is 0 Å². The second-order valence-electron chi connectivity index (χ2n) is 5.58. The zero-order valence-corrected chi connectivity index (χ0v) is 11.8. The molecule has 0 saturated heterocycles. The van der Waals surface area contributed by atoms with E-state index in [1.165, 1.54) is 25.0 Å². The molecule has 0 heterocycles. The molecule has 0 radical (unpaired) electrons. The van der Waals surface area contributed by atoms with Gasteiger partial charge >= 0.3 is 0 Å². The topological polar surface area (TPSA) is 23.5 Å². The number of halogens is 2. The molecule has 2 rings (SSSR count). The lowest BCUT2D eigenvalue weighted by Gasteiger charge is -2.29. The second-order valence-corrected chi connectivity index (χ2v) is 5.58. The Morgan fingerprint density at radius 2 is 1.90 bits per heavy atom. The van der Waals surface area contributed by atoms with Crippen molar-refractivity contribution in [3.63, 3.8) is 0 Å². The highest BCUT2D eigenvalue weighted by atomic mass is 19.1. The molecular weight excluding hydrogens is 260 g/mol. The number of unbranched alkanes of at least 4 members (excludes halogenated alkanes) is 1. The summed E-state index contributed by atoms with van der Waals surface area (Å²) in [7, 11) is 0. The van der Waals surface area contributed by atoms with Crippen molar-refractivity contribution in [2.45, 2.75) is 51.1 Å². The lowest BCUT2D eigenvalue weighted by atomic mass is 10.1. The average Bonchev–Trinajstić information content (AvgIpc) is 2.96. The Morgan fingerprint density at radius 1 is 1.15 bits per heavy atom. The number of rotatable bonds is 7. The van der Waals surface area contributed by atoms with Crippen LogP contribution in [0.25, 0.3) is 0 Å². The van der Waals surface area contributed by atoms with Gasteiger partial charge in [-0.15, -0.1) is 0 Å². The summed E-state index contributed by atoms with van der Waals surface area (Å²) >= 11 is 0. The smallest absolute Gasteiger partial charge is 0.127 e. The van der Waals surface area contributed by atoms with Gasteiger partial charge in [0.05, 0.1) is 0 Å². The number of aliphatic hydroxyl groups excluding tert-OH is 1. The third-order valence-electron chi connectivity index (χ3n) is 4.08. The summed E-state index contributed by atoms with van der Waals surface area (Å²) in [5.41, 5.74) is 0.431. The van der Waals surface area contributed by atoms with Gasteiger partial charge in [-0.25, -0.2) is 8.78 Å². The van der Waals surface area contributed by atoms with Gasteiger partial charge in [-0.3, -0.25) is 4.90 Å². The zero-order valence-electron chi connectivity index (χ0n) is 11.8. The SMILES string of the molecule is OCCCCN(Cc1cc(F)ccc1F)C1CCCC1. The van der Waals surface area contributed by atoms with Crippen molar-refractivity contribution >= 4 is 0 Å². The van der Waals surface area contributed by atoms with Crippen LogP contribution in [0.1, 0.15) is 44.1 Å². The van der Waals surface area contributed by atoms with E-state index in [0.717, 1.165) is 38.3 Å². The van der Waals surface area contributed by atoms with Crippen LogP contribution in [-0.2, 0) is 6.54 Å². The van der Waals surface area contributed by atoms with E-state index < -0.39 is 0 Å². The lowest BCUT2D eigenvalue weighted by molar-refractivity contribution is 0.176. The Hall–Kier alpha value is -1.00. The van der Waals surface area contributed by atoms with Crippen molar-refractivity contribution < 1.29 is 13.9 Å². The molecule has 0 bridgehead atoms. The van der Waals surface area contributed by atoms with Crippen LogP contribution in [0, 0.1) is 11.6 Å². The van der Waals surface area contributed by atoms with Crippen molar-refractivity contribution in [3.05, 3.63) is 35.4 Å². The predicted octanol–water partition coefficient (Wildman–Crippen LogP) is 3.48. The first kappa shape index (κ1) is 15.4. The summed E-state index contributed by atoms with van der Waals surface area (Å²) in [4.78, 5) is 2.25. The summed E-state index contributed by atoms with van der Waals surface area (Å²) in [6, 6.07) is 4.12. The van der Waals surface area contributed by atoms with Crippen LogP contribution in [-0.4, -0.2) is 29.2 Å². The van der Waals surface area contributed by atoms with E-state index in [1.54, 1.807) is 0 Å². The highest BCUT2D eigenvalue weighted by Crippen LogP contribution is 2.26. The number of hydrogen-bond acceptors (Lipinski definition) is 2. The molecule has 0 unspecified atom stereocenters. The van der Waals surface area contributed by atoms with Crippen LogP contribution in [0.3, 0.4) is 0 Å². The van der Waals surface area contributed by atoms with Crippen molar-refractivity contribution in [2.24, 2.45) is 0 Å². The van der Waals surface area contributed by atoms with Gasteiger partial charge < -0.3 is 5.11 Å². The summed E-state index contributed by atoms with van der Waals surface area (Å²) < 4.78 is 27.0. The normalized spacial score (nSPS) is 16.2. The summed E-state index contributed by atoms with van der Waals surface area (Å²) in [6.45, 7) is 1.48. The van der Waals surface area contributed by atoms with E-state index >= 15 is 0 Å². The molecule has 1 aromatic carbocycles. The molecule has 0 amide bonds. The minimum absolute atomic E-state index is 0.187. The molecule has 0 aliphatic heterocycles. The number of nitrogens with zero attached hydrogens (tertiary/aromatic N) is 1. The Balaban J connectivity index is 2.03. The molecule has 0 spiro atoms. The van der Waals surface area contributed by atoms with Gasteiger partial charge in [-0.1, -0.05) is 12.8 Å². The van der Waals surface area contributed by atoms with Crippen LogP contribution in [0.2, 0.25) is 0 Å². The zero-order chi connectivity index (χ0) is 14.4. The minimum Gasteiger partial charge on any atom is -0.396 e. The second kappa shape index (κ2) is 7.70. The van der Waals surface area contributed by atoms with Crippen LogP contribution < -0.4 is 0 Å². The molecule has 1 saturated carbocycles. The molecule has 1 aromatic rings. The van der Waals surface area contributed by atoms with Gasteiger partial charge in [-0.2, -0.15) is 0 Å². The fraction of sp³-hybridized carbons (Fsp3) is 0.625. The van der Waals surface area contributed by atoms with Crippen LogP contribution in [0.15, 0.2) is 18.2 Å². The highest BCUT2D eigenvalue weighted by molar-refractivity contribution is 5.18. The molecule has 1 aliphatic rings. The van der Waals surface area contributed by atoms with Gasteiger partial charge in [0.2, 0.25) is 0 Å². The van der Waals surface area contributed by atoms with Gasteiger partial charge in [0.15, 0.2) is 0 Å². The third-order valence-corrected chi connectivity index (χ3v) is 4.08. The average molecular weight is 283 g/mol. The van der Waals surface area contributed by atoms with Crippen LogP contribution in [0.4, 0.5) is 8.78 Å². The largest absolute Gasteiger partial charge is 0.396 e. The maximum Gasteiger partial charge on any atom is 0.127 e. The van der Waals surface area contributed by atoms with Gasteiger partial charge in [0.1, 0.15) is 11.6 Å². The molecule has 4 heteroatoms. The molecule has 1 aliphatic carbocycles. The van der Waals surface area contributed by atoms with E-state index in [1.807, 2.05) is 0 Å². The molecule has 2 nitrogen and oxygen atoms in total. The van der Waals surface area contributed by atoms with Crippen molar-refractivity contribution in [1.29, 1.82) is 0 Å².